The van der Waals surface area contributed by atoms with Gasteiger partial charge < -0.3 is 4.90 Å². The average molecular weight is 395 g/mol. The quantitative estimate of drug-likeness (QED) is 0.727. The average Bonchev–Trinajstić information content (AvgIpc) is 2.67. The zero-order valence-corrected chi connectivity index (χ0v) is 16.4. The predicted octanol–water partition coefficient (Wildman–Crippen LogP) is 3.86. The van der Waals surface area contributed by atoms with Crippen LogP contribution in [0.2, 0.25) is 0 Å². The van der Waals surface area contributed by atoms with Crippen molar-refractivity contribution in [2.24, 2.45) is 0 Å². The SMILES string of the molecule is Cc1cnc2c(S(=O)(=O)Nc3cccc(N4CCCCC4=O)c3)cccc2c1. The second-order valence-electron chi connectivity index (χ2n) is 7.00. The summed E-state index contributed by atoms with van der Waals surface area (Å²) in [6.07, 6.45) is 4.03. The number of carbonyl (C=O) groups excluding carboxylic acids is 1. The number of nitrogens with zero attached hydrogens (tertiary/aromatic N) is 2. The van der Waals surface area contributed by atoms with Crippen LogP contribution >= 0.6 is 0 Å². The van der Waals surface area contributed by atoms with Gasteiger partial charge in [0.15, 0.2) is 0 Å². The molecule has 1 aliphatic heterocycles. The molecule has 1 amide bonds. The van der Waals surface area contributed by atoms with Crippen molar-refractivity contribution in [1.29, 1.82) is 0 Å². The molecule has 0 aliphatic carbocycles. The van der Waals surface area contributed by atoms with Gasteiger partial charge in [-0.1, -0.05) is 18.2 Å². The normalized spacial score (nSPS) is 15.0. The number of pyridine rings is 1. The van der Waals surface area contributed by atoms with Crippen LogP contribution in [0.5, 0.6) is 0 Å². The molecule has 0 unspecified atom stereocenters. The van der Waals surface area contributed by atoms with Crippen LogP contribution in [0.4, 0.5) is 11.4 Å². The number of para-hydroxylation sites is 1. The third kappa shape index (κ3) is 3.57. The van der Waals surface area contributed by atoms with Gasteiger partial charge in [0, 0.05) is 30.2 Å². The standard InChI is InChI=1S/C21H21N3O3S/c1-15-12-16-6-4-9-19(21(16)22-14-15)28(26,27)23-17-7-5-8-18(13-17)24-11-3-2-10-20(24)25/h4-9,12-14,23H,2-3,10-11H2,1H3. The highest BCUT2D eigenvalue weighted by Crippen LogP contribution is 2.27. The molecule has 144 valence electrons. The molecule has 2 aromatic carbocycles. The molecule has 3 aromatic rings. The van der Waals surface area contributed by atoms with E-state index in [1.807, 2.05) is 25.1 Å². The summed E-state index contributed by atoms with van der Waals surface area (Å²) in [6, 6.07) is 14.0. The van der Waals surface area contributed by atoms with Crippen LogP contribution in [-0.2, 0) is 14.8 Å². The number of benzene rings is 2. The summed E-state index contributed by atoms with van der Waals surface area (Å²) >= 11 is 0. The number of aryl methyl sites for hydroxylation is 1. The van der Waals surface area contributed by atoms with Crippen molar-refractivity contribution in [3.05, 3.63) is 60.3 Å². The largest absolute Gasteiger partial charge is 0.312 e. The topological polar surface area (TPSA) is 79.4 Å². The van der Waals surface area contributed by atoms with Gasteiger partial charge >= 0.3 is 0 Å². The summed E-state index contributed by atoms with van der Waals surface area (Å²) in [5.41, 5.74) is 2.52. The Morgan fingerprint density at radius 1 is 1.07 bits per heavy atom. The highest BCUT2D eigenvalue weighted by Gasteiger charge is 2.22. The molecule has 0 atom stereocenters. The molecule has 0 saturated carbocycles. The van der Waals surface area contributed by atoms with Gasteiger partial charge in [0.05, 0.1) is 11.2 Å². The van der Waals surface area contributed by atoms with E-state index in [0.717, 1.165) is 23.8 Å². The number of sulfonamides is 1. The molecular weight excluding hydrogens is 374 g/mol. The predicted molar refractivity (Wildman–Crippen MR) is 110 cm³/mol. The maximum absolute atomic E-state index is 13.0. The number of hydrogen-bond donors (Lipinski definition) is 1. The fraction of sp³-hybridized carbons (Fsp3) is 0.238. The Morgan fingerprint density at radius 2 is 1.89 bits per heavy atom. The zero-order valence-electron chi connectivity index (χ0n) is 15.6. The summed E-state index contributed by atoms with van der Waals surface area (Å²) in [6.45, 7) is 2.57. The Hall–Kier alpha value is -2.93. The first-order chi connectivity index (χ1) is 13.4. The third-order valence-electron chi connectivity index (χ3n) is 4.83. The number of aromatic nitrogens is 1. The number of piperidine rings is 1. The van der Waals surface area contributed by atoms with Gasteiger partial charge in [-0.25, -0.2) is 8.42 Å². The maximum Gasteiger partial charge on any atom is 0.264 e. The minimum Gasteiger partial charge on any atom is -0.312 e. The first-order valence-corrected chi connectivity index (χ1v) is 10.7. The van der Waals surface area contributed by atoms with E-state index in [0.29, 0.717) is 29.9 Å². The van der Waals surface area contributed by atoms with Crippen molar-refractivity contribution in [3.63, 3.8) is 0 Å². The number of nitrogens with one attached hydrogen (secondary N) is 1. The van der Waals surface area contributed by atoms with Crippen LogP contribution < -0.4 is 9.62 Å². The molecule has 1 aliphatic rings. The van der Waals surface area contributed by atoms with E-state index in [2.05, 4.69) is 9.71 Å². The molecule has 6 nitrogen and oxygen atoms in total. The smallest absolute Gasteiger partial charge is 0.264 e. The molecule has 1 aromatic heterocycles. The van der Waals surface area contributed by atoms with Crippen molar-refractivity contribution in [3.8, 4) is 0 Å². The van der Waals surface area contributed by atoms with E-state index >= 15 is 0 Å². The van der Waals surface area contributed by atoms with Crippen LogP contribution in [0.1, 0.15) is 24.8 Å². The number of rotatable bonds is 4. The summed E-state index contributed by atoms with van der Waals surface area (Å²) < 4.78 is 28.7. The molecule has 0 spiro atoms. The summed E-state index contributed by atoms with van der Waals surface area (Å²) in [5, 5.41) is 0.774. The molecule has 0 bridgehead atoms. The van der Waals surface area contributed by atoms with Gasteiger partial charge in [0.1, 0.15) is 4.90 Å². The molecule has 4 rings (SSSR count). The monoisotopic (exact) mass is 395 g/mol. The Bertz CT molecular complexity index is 1160. The molecule has 28 heavy (non-hydrogen) atoms. The molecule has 7 heteroatoms. The molecule has 0 radical (unpaired) electrons. The van der Waals surface area contributed by atoms with Crippen molar-refractivity contribution >= 4 is 38.2 Å². The zero-order chi connectivity index (χ0) is 19.7. The Balaban J connectivity index is 1.67. The number of carbonyl (C=O) groups is 1. The van der Waals surface area contributed by atoms with E-state index in [1.165, 1.54) is 0 Å². The van der Waals surface area contributed by atoms with E-state index in [-0.39, 0.29) is 10.8 Å². The third-order valence-corrected chi connectivity index (χ3v) is 6.25. The van der Waals surface area contributed by atoms with Crippen LogP contribution in [-0.4, -0.2) is 25.9 Å². The molecule has 1 N–H and O–H groups in total. The van der Waals surface area contributed by atoms with Crippen molar-refractivity contribution < 1.29 is 13.2 Å². The minimum absolute atomic E-state index is 0.0693. The lowest BCUT2D eigenvalue weighted by Crippen LogP contribution is -2.35. The Labute approximate surface area is 164 Å². The van der Waals surface area contributed by atoms with Crippen LogP contribution in [0.15, 0.2) is 59.6 Å². The summed E-state index contributed by atoms with van der Waals surface area (Å²) in [4.78, 5) is 18.3. The van der Waals surface area contributed by atoms with Gasteiger partial charge in [-0.05, 0) is 55.7 Å². The Kier molecular flexibility index (Phi) is 4.77. The fourth-order valence-corrected chi connectivity index (χ4v) is 4.72. The number of amides is 1. The first kappa shape index (κ1) is 18.4. The van der Waals surface area contributed by atoms with Crippen molar-refractivity contribution in [1.82, 2.24) is 4.98 Å². The molecule has 2 heterocycles. The van der Waals surface area contributed by atoms with E-state index in [1.54, 1.807) is 41.4 Å². The van der Waals surface area contributed by atoms with Gasteiger partial charge in [-0.3, -0.25) is 14.5 Å². The molecule has 1 fully saturated rings. The highest BCUT2D eigenvalue weighted by molar-refractivity contribution is 7.93. The van der Waals surface area contributed by atoms with E-state index in [9.17, 15) is 13.2 Å². The Morgan fingerprint density at radius 3 is 2.71 bits per heavy atom. The number of anilines is 2. The lowest BCUT2D eigenvalue weighted by Gasteiger charge is -2.27. The number of fused-ring (bicyclic) bond motifs is 1. The molecule has 1 saturated heterocycles. The van der Waals surface area contributed by atoms with Gasteiger partial charge in [-0.15, -0.1) is 0 Å². The van der Waals surface area contributed by atoms with Gasteiger partial charge in [0.25, 0.3) is 10.0 Å². The highest BCUT2D eigenvalue weighted by atomic mass is 32.2. The van der Waals surface area contributed by atoms with Crippen molar-refractivity contribution in [2.45, 2.75) is 31.1 Å². The van der Waals surface area contributed by atoms with Gasteiger partial charge in [-0.2, -0.15) is 0 Å². The second-order valence-corrected chi connectivity index (χ2v) is 8.65. The lowest BCUT2D eigenvalue weighted by molar-refractivity contribution is -0.119. The maximum atomic E-state index is 13.0. The number of hydrogen-bond acceptors (Lipinski definition) is 4. The van der Waals surface area contributed by atoms with E-state index < -0.39 is 10.0 Å². The second kappa shape index (κ2) is 7.24. The molecular formula is C21H21N3O3S. The lowest BCUT2D eigenvalue weighted by atomic mass is 10.1. The van der Waals surface area contributed by atoms with Gasteiger partial charge in [0.2, 0.25) is 5.91 Å². The van der Waals surface area contributed by atoms with Crippen LogP contribution in [0, 0.1) is 6.92 Å². The summed E-state index contributed by atoms with van der Waals surface area (Å²) in [5.74, 6) is 0.0693. The fourth-order valence-electron chi connectivity index (χ4n) is 3.49. The first-order valence-electron chi connectivity index (χ1n) is 9.23. The van der Waals surface area contributed by atoms with Crippen LogP contribution in [0.3, 0.4) is 0 Å². The summed E-state index contributed by atoms with van der Waals surface area (Å²) in [7, 11) is -3.83. The van der Waals surface area contributed by atoms with Crippen LogP contribution in [0.25, 0.3) is 10.9 Å². The van der Waals surface area contributed by atoms with E-state index in [4.69, 9.17) is 0 Å². The van der Waals surface area contributed by atoms with Crippen molar-refractivity contribution in [2.75, 3.05) is 16.2 Å². The minimum atomic E-state index is -3.83.